The summed E-state index contributed by atoms with van der Waals surface area (Å²) in [4.78, 5) is 6.71. The van der Waals surface area contributed by atoms with Gasteiger partial charge in [-0.15, -0.1) is 0 Å². The van der Waals surface area contributed by atoms with E-state index in [4.69, 9.17) is 21.7 Å². The van der Waals surface area contributed by atoms with Crippen molar-refractivity contribution in [1.29, 1.82) is 0 Å². The molecule has 3 heterocycles. The van der Waals surface area contributed by atoms with Crippen LogP contribution in [0, 0.1) is 5.82 Å². The zero-order valence-electron chi connectivity index (χ0n) is 21.1. The third-order valence-corrected chi connectivity index (χ3v) is 6.99. The molecule has 194 valence electrons. The molecule has 39 heavy (non-hydrogen) atoms. The Balaban J connectivity index is 1.37. The van der Waals surface area contributed by atoms with Gasteiger partial charge in [-0.25, -0.2) is 4.39 Å². The van der Waals surface area contributed by atoms with E-state index in [0.717, 1.165) is 28.5 Å². The minimum Gasteiger partial charge on any atom is -0.497 e. The Hall–Kier alpha value is -4.69. The van der Waals surface area contributed by atoms with E-state index in [0.29, 0.717) is 16.6 Å². The average Bonchev–Trinajstić information content (AvgIpc) is 3.59. The number of thiocarbonyl (C=S) groups is 1. The smallest absolute Gasteiger partial charge is 0.174 e. The van der Waals surface area contributed by atoms with Crippen LogP contribution >= 0.6 is 12.2 Å². The van der Waals surface area contributed by atoms with Gasteiger partial charge < -0.3 is 24.3 Å². The second-order valence-electron chi connectivity index (χ2n) is 9.05. The van der Waals surface area contributed by atoms with E-state index in [1.54, 1.807) is 19.4 Å². The number of benzene rings is 3. The molecular formula is C31H25FN4O2S. The number of hydrogen-bond donors (Lipinski definition) is 1. The number of halogens is 1. The summed E-state index contributed by atoms with van der Waals surface area (Å²) in [5.74, 6) is 1.88. The summed E-state index contributed by atoms with van der Waals surface area (Å²) in [5.41, 5.74) is 3.43. The van der Waals surface area contributed by atoms with Gasteiger partial charge in [-0.2, -0.15) is 0 Å². The predicted molar refractivity (Wildman–Crippen MR) is 153 cm³/mol. The first-order valence-corrected chi connectivity index (χ1v) is 12.9. The third-order valence-electron chi connectivity index (χ3n) is 6.68. The average molecular weight is 537 g/mol. The highest BCUT2D eigenvalue weighted by atomic mass is 32.1. The van der Waals surface area contributed by atoms with Crippen molar-refractivity contribution in [3.63, 3.8) is 0 Å². The maximum Gasteiger partial charge on any atom is 0.174 e. The van der Waals surface area contributed by atoms with Crippen LogP contribution in [-0.2, 0) is 0 Å². The Kier molecular flexibility index (Phi) is 6.69. The lowest BCUT2D eigenvalue weighted by Gasteiger charge is -2.29. The van der Waals surface area contributed by atoms with Crippen LogP contribution in [0.1, 0.15) is 23.5 Å². The largest absolute Gasteiger partial charge is 0.497 e. The molecule has 0 bridgehead atoms. The number of pyridine rings is 1. The topological polar surface area (TPSA) is 51.6 Å². The Labute approximate surface area is 231 Å². The van der Waals surface area contributed by atoms with Crippen LogP contribution in [0.4, 0.5) is 10.1 Å². The molecule has 2 atom stereocenters. The molecular weight excluding hydrogens is 511 g/mol. The predicted octanol–water partition coefficient (Wildman–Crippen LogP) is 6.99. The number of anilines is 1. The quantitative estimate of drug-likeness (QED) is 0.226. The van der Waals surface area contributed by atoms with Crippen molar-refractivity contribution in [3.8, 4) is 22.9 Å². The molecule has 6 rings (SSSR count). The van der Waals surface area contributed by atoms with Crippen LogP contribution in [0.15, 0.2) is 116 Å². The van der Waals surface area contributed by atoms with Gasteiger partial charge in [0.25, 0.3) is 0 Å². The van der Waals surface area contributed by atoms with Gasteiger partial charge in [-0.1, -0.05) is 12.1 Å². The first-order chi connectivity index (χ1) is 19.1. The molecule has 1 N–H and O–H groups in total. The molecule has 0 radical (unpaired) electrons. The van der Waals surface area contributed by atoms with Crippen LogP contribution in [0.5, 0.6) is 17.2 Å². The monoisotopic (exact) mass is 536 g/mol. The van der Waals surface area contributed by atoms with Crippen molar-refractivity contribution in [3.05, 3.63) is 133 Å². The fraction of sp³-hybridized carbons (Fsp3) is 0.0968. The number of ether oxygens (including phenoxy) is 2. The van der Waals surface area contributed by atoms with Crippen LogP contribution in [0.25, 0.3) is 5.69 Å². The highest BCUT2D eigenvalue weighted by Crippen LogP contribution is 2.42. The van der Waals surface area contributed by atoms with Crippen molar-refractivity contribution in [1.82, 2.24) is 14.9 Å². The Bertz CT molecular complexity index is 1590. The van der Waals surface area contributed by atoms with Gasteiger partial charge in [0.15, 0.2) is 5.11 Å². The lowest BCUT2D eigenvalue weighted by atomic mass is 10.0. The van der Waals surface area contributed by atoms with E-state index in [9.17, 15) is 4.39 Å². The fourth-order valence-electron chi connectivity index (χ4n) is 4.88. The molecule has 0 unspecified atom stereocenters. The van der Waals surface area contributed by atoms with Crippen molar-refractivity contribution in [2.75, 3.05) is 12.0 Å². The first-order valence-electron chi connectivity index (χ1n) is 12.5. The van der Waals surface area contributed by atoms with E-state index in [-0.39, 0.29) is 17.9 Å². The molecule has 1 saturated heterocycles. The minimum atomic E-state index is -0.294. The van der Waals surface area contributed by atoms with Crippen LogP contribution in [-0.4, -0.2) is 21.8 Å². The summed E-state index contributed by atoms with van der Waals surface area (Å²) in [6.07, 6.45) is 3.71. The maximum atomic E-state index is 14.2. The summed E-state index contributed by atoms with van der Waals surface area (Å²) in [6, 6.07) is 31.1. The molecule has 0 aliphatic carbocycles. The molecule has 0 spiro atoms. The molecule has 0 saturated carbocycles. The molecule has 1 aliphatic rings. The number of nitrogens with one attached hydrogen (secondary N) is 1. The number of hydrogen-bond acceptors (Lipinski definition) is 4. The van der Waals surface area contributed by atoms with Crippen molar-refractivity contribution in [2.24, 2.45) is 0 Å². The van der Waals surface area contributed by atoms with Crippen molar-refractivity contribution < 1.29 is 13.9 Å². The SMILES string of the molecule is COc1ccc(Oc2ccc(N3C(=S)N[C@@H](c4ccccn4)[C@H]3c3cccn3-c3cccc(F)c3)cc2)cc1. The molecule has 0 amide bonds. The molecule has 2 aromatic heterocycles. The van der Waals surface area contributed by atoms with E-state index in [1.165, 1.54) is 12.1 Å². The molecule has 8 heteroatoms. The van der Waals surface area contributed by atoms with E-state index in [2.05, 4.69) is 15.2 Å². The summed E-state index contributed by atoms with van der Waals surface area (Å²) in [5, 5.41) is 4.05. The van der Waals surface area contributed by atoms with E-state index < -0.39 is 0 Å². The molecule has 1 fully saturated rings. The van der Waals surface area contributed by atoms with Crippen LogP contribution < -0.4 is 19.7 Å². The van der Waals surface area contributed by atoms with Crippen molar-refractivity contribution >= 4 is 23.0 Å². The lowest BCUT2D eigenvalue weighted by molar-refractivity contribution is 0.413. The van der Waals surface area contributed by atoms with Crippen molar-refractivity contribution in [2.45, 2.75) is 12.1 Å². The van der Waals surface area contributed by atoms with Crippen LogP contribution in [0.3, 0.4) is 0 Å². The lowest BCUT2D eigenvalue weighted by Crippen LogP contribution is -2.30. The third kappa shape index (κ3) is 4.94. The fourth-order valence-corrected chi connectivity index (χ4v) is 5.23. The Morgan fingerprint density at radius 2 is 1.56 bits per heavy atom. The van der Waals surface area contributed by atoms with Gasteiger partial charge in [0, 0.05) is 29.5 Å². The Morgan fingerprint density at radius 1 is 0.821 bits per heavy atom. The number of nitrogens with zero attached hydrogens (tertiary/aromatic N) is 3. The maximum absolute atomic E-state index is 14.2. The summed E-state index contributed by atoms with van der Waals surface area (Å²) in [6.45, 7) is 0. The summed E-state index contributed by atoms with van der Waals surface area (Å²) < 4.78 is 27.4. The molecule has 1 aliphatic heterocycles. The van der Waals surface area contributed by atoms with Gasteiger partial charge in [0.1, 0.15) is 29.1 Å². The van der Waals surface area contributed by atoms with E-state index in [1.807, 2.05) is 95.7 Å². The zero-order valence-corrected chi connectivity index (χ0v) is 21.9. The van der Waals surface area contributed by atoms with Crippen LogP contribution in [0.2, 0.25) is 0 Å². The van der Waals surface area contributed by atoms with Gasteiger partial charge in [-0.3, -0.25) is 4.98 Å². The highest BCUT2D eigenvalue weighted by molar-refractivity contribution is 7.80. The number of aromatic nitrogens is 2. The summed E-state index contributed by atoms with van der Waals surface area (Å²) >= 11 is 5.87. The van der Waals surface area contributed by atoms with Gasteiger partial charge >= 0.3 is 0 Å². The molecule has 3 aromatic carbocycles. The normalized spacial score (nSPS) is 16.7. The standard InChI is InChI=1S/C31H25FN4O2S/c1-37-24-14-16-26(17-15-24)38-25-12-10-22(11-13-25)36-30(29(34-31(36)39)27-8-2-3-18-33-27)28-9-5-19-35(28)23-7-4-6-21(32)20-23/h2-20,29-30H,1H3,(H,34,39)/t29-,30+/m0/s1. The first kappa shape index (κ1) is 24.6. The Morgan fingerprint density at radius 3 is 2.26 bits per heavy atom. The minimum absolute atomic E-state index is 0.226. The molecule has 6 nitrogen and oxygen atoms in total. The zero-order chi connectivity index (χ0) is 26.8. The molecule has 5 aromatic rings. The highest BCUT2D eigenvalue weighted by Gasteiger charge is 2.42. The summed E-state index contributed by atoms with van der Waals surface area (Å²) in [7, 11) is 1.63. The second-order valence-corrected chi connectivity index (χ2v) is 9.44. The number of rotatable bonds is 7. The van der Waals surface area contributed by atoms with Gasteiger partial charge in [-0.05, 0) is 103 Å². The van der Waals surface area contributed by atoms with E-state index >= 15 is 0 Å². The second kappa shape index (κ2) is 10.6. The number of methoxy groups -OCH3 is 1. The van der Waals surface area contributed by atoms with Gasteiger partial charge in [0.2, 0.25) is 0 Å². The van der Waals surface area contributed by atoms with Gasteiger partial charge in [0.05, 0.1) is 18.8 Å².